The molecule has 138 valence electrons. The predicted octanol–water partition coefficient (Wildman–Crippen LogP) is 2.79. The van der Waals surface area contributed by atoms with E-state index in [-0.39, 0.29) is 11.9 Å². The van der Waals surface area contributed by atoms with E-state index in [1.807, 2.05) is 19.2 Å². The van der Waals surface area contributed by atoms with Crippen LogP contribution in [0.5, 0.6) is 0 Å². The van der Waals surface area contributed by atoms with E-state index in [2.05, 4.69) is 15.1 Å². The van der Waals surface area contributed by atoms with Gasteiger partial charge in [0, 0.05) is 13.7 Å². The van der Waals surface area contributed by atoms with Crippen molar-refractivity contribution in [3.8, 4) is 11.4 Å². The van der Waals surface area contributed by atoms with Crippen molar-refractivity contribution in [3.05, 3.63) is 42.2 Å². The van der Waals surface area contributed by atoms with Crippen molar-refractivity contribution in [1.82, 2.24) is 19.8 Å². The SMILES string of the molecule is COC1C2CC3CN(c4ccc5nnc(-c6ccccc6F)n5n4)C1C3C2. The number of aromatic nitrogens is 4. The molecule has 6 rings (SSSR count). The molecular formula is C20H20FN5O. The number of hydrogen-bond acceptors (Lipinski definition) is 5. The van der Waals surface area contributed by atoms with Crippen LogP contribution in [0.1, 0.15) is 12.8 Å². The Hall–Kier alpha value is -2.54. The Labute approximate surface area is 156 Å². The molecule has 0 spiro atoms. The second-order valence-electron chi connectivity index (χ2n) is 7.96. The van der Waals surface area contributed by atoms with Gasteiger partial charge < -0.3 is 9.64 Å². The molecule has 5 atom stereocenters. The van der Waals surface area contributed by atoms with Gasteiger partial charge in [-0.2, -0.15) is 4.52 Å². The van der Waals surface area contributed by atoms with Crippen molar-refractivity contribution in [2.24, 2.45) is 17.8 Å². The summed E-state index contributed by atoms with van der Waals surface area (Å²) in [6.07, 6.45) is 2.80. The maximum Gasteiger partial charge on any atom is 0.188 e. The molecular weight excluding hydrogens is 345 g/mol. The Bertz CT molecular complexity index is 1030. The van der Waals surface area contributed by atoms with E-state index in [1.165, 1.54) is 18.9 Å². The van der Waals surface area contributed by atoms with Gasteiger partial charge in [-0.3, -0.25) is 0 Å². The van der Waals surface area contributed by atoms with Gasteiger partial charge in [-0.15, -0.1) is 15.3 Å². The summed E-state index contributed by atoms with van der Waals surface area (Å²) in [6, 6.07) is 10.9. The van der Waals surface area contributed by atoms with E-state index in [0.717, 1.165) is 18.3 Å². The smallest absolute Gasteiger partial charge is 0.188 e. The molecule has 1 aliphatic heterocycles. The number of ether oxygens (including phenoxy) is 1. The molecule has 2 aliphatic carbocycles. The first-order valence-corrected chi connectivity index (χ1v) is 9.51. The van der Waals surface area contributed by atoms with Crippen LogP contribution in [-0.4, -0.2) is 45.6 Å². The second kappa shape index (κ2) is 5.48. The summed E-state index contributed by atoms with van der Waals surface area (Å²) in [5, 5.41) is 13.2. The lowest BCUT2D eigenvalue weighted by atomic mass is 9.88. The Morgan fingerprint density at radius 3 is 2.81 bits per heavy atom. The topological polar surface area (TPSA) is 55.5 Å². The van der Waals surface area contributed by atoms with E-state index >= 15 is 0 Å². The van der Waals surface area contributed by atoms with Crippen LogP contribution in [0, 0.1) is 23.6 Å². The first-order valence-electron chi connectivity index (χ1n) is 9.51. The lowest BCUT2D eigenvalue weighted by Crippen LogP contribution is -2.42. The summed E-state index contributed by atoms with van der Waals surface area (Å²) < 4.78 is 21.8. The van der Waals surface area contributed by atoms with E-state index in [4.69, 9.17) is 9.84 Å². The molecule has 3 fully saturated rings. The average molecular weight is 365 g/mol. The third-order valence-electron chi connectivity index (χ3n) is 6.75. The van der Waals surface area contributed by atoms with Crippen LogP contribution in [0.15, 0.2) is 36.4 Å². The summed E-state index contributed by atoms with van der Waals surface area (Å²) in [5.74, 6) is 3.10. The molecule has 0 amide bonds. The van der Waals surface area contributed by atoms with Crippen LogP contribution in [0.2, 0.25) is 0 Å². The van der Waals surface area contributed by atoms with Crippen molar-refractivity contribution >= 4 is 11.5 Å². The van der Waals surface area contributed by atoms with Gasteiger partial charge in [0.2, 0.25) is 0 Å². The normalized spacial score (nSPS) is 31.3. The minimum Gasteiger partial charge on any atom is -0.379 e. The van der Waals surface area contributed by atoms with Gasteiger partial charge in [-0.1, -0.05) is 12.1 Å². The quantitative estimate of drug-likeness (QED) is 0.714. The fraction of sp³-hybridized carbons (Fsp3) is 0.450. The Balaban J connectivity index is 1.45. The lowest BCUT2D eigenvalue weighted by Gasteiger charge is -2.31. The third-order valence-corrected chi connectivity index (χ3v) is 6.75. The van der Waals surface area contributed by atoms with Crippen molar-refractivity contribution < 1.29 is 9.13 Å². The number of fused-ring (bicyclic) bond motifs is 2. The zero-order valence-corrected chi connectivity index (χ0v) is 15.0. The number of benzene rings is 1. The molecule has 3 aromatic rings. The molecule has 2 bridgehead atoms. The van der Waals surface area contributed by atoms with Crippen LogP contribution in [0.4, 0.5) is 10.2 Å². The van der Waals surface area contributed by atoms with Gasteiger partial charge in [0.1, 0.15) is 11.6 Å². The highest BCUT2D eigenvalue weighted by Gasteiger charge is 2.59. The maximum absolute atomic E-state index is 14.3. The van der Waals surface area contributed by atoms with Crippen LogP contribution < -0.4 is 4.90 Å². The Morgan fingerprint density at radius 2 is 1.96 bits per heavy atom. The van der Waals surface area contributed by atoms with Crippen LogP contribution in [-0.2, 0) is 4.74 Å². The monoisotopic (exact) mass is 365 g/mol. The third kappa shape index (κ3) is 2.06. The molecule has 0 radical (unpaired) electrons. The van der Waals surface area contributed by atoms with Crippen molar-refractivity contribution in [1.29, 1.82) is 0 Å². The molecule has 2 aromatic heterocycles. The molecule has 7 heteroatoms. The van der Waals surface area contributed by atoms with Crippen molar-refractivity contribution in [3.63, 3.8) is 0 Å². The number of nitrogens with zero attached hydrogens (tertiary/aromatic N) is 5. The molecule has 1 saturated heterocycles. The van der Waals surface area contributed by atoms with Gasteiger partial charge in [0.25, 0.3) is 0 Å². The molecule has 6 nitrogen and oxygen atoms in total. The summed E-state index contributed by atoms with van der Waals surface area (Å²) in [5.41, 5.74) is 1.03. The number of hydrogen-bond donors (Lipinski definition) is 0. The van der Waals surface area contributed by atoms with Crippen molar-refractivity contribution in [2.45, 2.75) is 25.0 Å². The molecule has 3 aliphatic rings. The fourth-order valence-corrected chi connectivity index (χ4v) is 5.72. The molecule has 27 heavy (non-hydrogen) atoms. The van der Waals surface area contributed by atoms with E-state index in [1.54, 1.807) is 22.7 Å². The highest BCUT2D eigenvalue weighted by atomic mass is 19.1. The van der Waals surface area contributed by atoms with Crippen LogP contribution >= 0.6 is 0 Å². The number of anilines is 1. The molecule has 1 aromatic carbocycles. The Kier molecular flexibility index (Phi) is 3.15. The lowest BCUT2D eigenvalue weighted by molar-refractivity contribution is 0.0446. The summed E-state index contributed by atoms with van der Waals surface area (Å²) in [6.45, 7) is 1.02. The minimum atomic E-state index is -0.323. The average Bonchev–Trinajstić information content (AvgIpc) is 3.40. The van der Waals surface area contributed by atoms with E-state index in [9.17, 15) is 4.39 Å². The van der Waals surface area contributed by atoms with Gasteiger partial charge in [-0.05, 0) is 54.9 Å². The van der Waals surface area contributed by atoms with E-state index < -0.39 is 0 Å². The summed E-state index contributed by atoms with van der Waals surface area (Å²) in [4.78, 5) is 2.39. The zero-order chi connectivity index (χ0) is 18.1. The van der Waals surface area contributed by atoms with Crippen LogP contribution in [0.3, 0.4) is 0 Å². The standard InChI is InChI=1S/C20H20FN5O/c1-27-19-11-8-12-10-25(18(19)14(12)9-11)17-7-6-16-22-23-20(26(16)24-17)13-4-2-3-5-15(13)21/h2-7,11-12,14,18-19H,8-10H2,1H3. The maximum atomic E-state index is 14.3. The zero-order valence-electron chi connectivity index (χ0n) is 15.0. The van der Waals surface area contributed by atoms with Crippen LogP contribution in [0.25, 0.3) is 17.0 Å². The molecule has 3 heterocycles. The van der Waals surface area contributed by atoms with Crippen molar-refractivity contribution in [2.75, 3.05) is 18.6 Å². The largest absolute Gasteiger partial charge is 0.379 e. The van der Waals surface area contributed by atoms with Gasteiger partial charge in [-0.25, -0.2) is 4.39 Å². The van der Waals surface area contributed by atoms with Gasteiger partial charge in [0.05, 0.1) is 17.7 Å². The number of halogens is 1. The van der Waals surface area contributed by atoms with E-state index in [0.29, 0.717) is 34.9 Å². The Morgan fingerprint density at radius 1 is 1.07 bits per heavy atom. The minimum absolute atomic E-state index is 0.276. The number of methoxy groups -OCH3 is 1. The summed E-state index contributed by atoms with van der Waals surface area (Å²) in [7, 11) is 1.82. The highest BCUT2D eigenvalue weighted by Crippen LogP contribution is 2.56. The first kappa shape index (κ1) is 15.5. The van der Waals surface area contributed by atoms with Gasteiger partial charge in [0.15, 0.2) is 11.5 Å². The van der Waals surface area contributed by atoms with Gasteiger partial charge >= 0.3 is 0 Å². The molecule has 2 saturated carbocycles. The molecule has 0 N–H and O–H groups in total. The first-order chi connectivity index (χ1) is 13.2. The molecule has 5 unspecified atom stereocenters. The number of rotatable bonds is 3. The fourth-order valence-electron chi connectivity index (χ4n) is 5.72. The predicted molar refractivity (Wildman–Crippen MR) is 97.8 cm³/mol. The highest BCUT2D eigenvalue weighted by molar-refractivity contribution is 5.60. The summed E-state index contributed by atoms with van der Waals surface area (Å²) >= 11 is 0. The second-order valence-corrected chi connectivity index (χ2v) is 7.96.